The summed E-state index contributed by atoms with van der Waals surface area (Å²) in [5, 5.41) is 3.83. The molecule has 17 heavy (non-hydrogen) atoms. The fraction of sp³-hybridized carbons (Fsp3) is 0.417. The van der Waals surface area contributed by atoms with Crippen LogP contribution in [0.1, 0.15) is 25.8 Å². The number of sulfone groups is 1. The van der Waals surface area contributed by atoms with Crippen molar-refractivity contribution in [3.63, 3.8) is 0 Å². The van der Waals surface area contributed by atoms with Crippen LogP contribution in [0.2, 0.25) is 0 Å². The molecular weight excluding hydrogens is 238 g/mol. The van der Waals surface area contributed by atoms with Gasteiger partial charge in [0.25, 0.3) is 0 Å². The number of rotatable bonds is 2. The highest BCUT2D eigenvalue weighted by Crippen LogP contribution is 2.26. The summed E-state index contributed by atoms with van der Waals surface area (Å²) in [6.45, 7) is 3.64. The molecule has 2 rings (SSSR count). The Kier molecular flexibility index (Phi) is 2.95. The van der Waals surface area contributed by atoms with Gasteiger partial charge < -0.3 is 4.84 Å². The van der Waals surface area contributed by atoms with E-state index in [1.165, 1.54) is 0 Å². The molecule has 5 heteroatoms. The molecular formula is C12H15NO3S. The minimum atomic E-state index is -3.36. The molecule has 4 nitrogen and oxygen atoms in total. The quantitative estimate of drug-likeness (QED) is 0.811. The molecule has 0 atom stereocenters. The molecule has 1 aromatic carbocycles. The van der Waals surface area contributed by atoms with Gasteiger partial charge in [0.1, 0.15) is 5.60 Å². The summed E-state index contributed by atoms with van der Waals surface area (Å²) in [4.78, 5) is 5.09. The van der Waals surface area contributed by atoms with Crippen molar-refractivity contribution >= 4 is 14.9 Å². The first-order chi connectivity index (χ1) is 7.89. The minimum Gasteiger partial charge on any atom is -0.389 e. The molecule has 0 N–H and O–H groups in total. The fourth-order valence-corrected chi connectivity index (χ4v) is 3.16. The van der Waals surface area contributed by atoms with Gasteiger partial charge in [0.2, 0.25) is 0 Å². The molecule has 0 amide bonds. The van der Waals surface area contributed by atoms with E-state index in [2.05, 4.69) is 5.16 Å². The predicted octanol–water partition coefficient (Wildman–Crippen LogP) is 2.11. The third kappa shape index (κ3) is 2.85. The summed E-state index contributed by atoms with van der Waals surface area (Å²) in [7, 11) is -3.36. The molecule has 1 aliphatic heterocycles. The van der Waals surface area contributed by atoms with Gasteiger partial charge in [0, 0.05) is 6.42 Å². The highest BCUT2D eigenvalue weighted by atomic mass is 32.2. The topological polar surface area (TPSA) is 55.7 Å². The van der Waals surface area contributed by atoms with Crippen LogP contribution >= 0.6 is 0 Å². The largest absolute Gasteiger partial charge is 0.389 e. The number of hydrogen-bond acceptors (Lipinski definition) is 4. The molecule has 92 valence electrons. The van der Waals surface area contributed by atoms with E-state index < -0.39 is 15.4 Å². The number of benzene rings is 1. The zero-order valence-corrected chi connectivity index (χ0v) is 10.7. The van der Waals surface area contributed by atoms with Gasteiger partial charge in [-0.05, 0) is 19.4 Å². The van der Waals surface area contributed by atoms with Crippen molar-refractivity contribution in [1.29, 1.82) is 0 Å². The van der Waals surface area contributed by atoms with E-state index in [-0.39, 0.29) is 10.8 Å². The molecule has 0 saturated carbocycles. The summed E-state index contributed by atoms with van der Waals surface area (Å²) in [6, 6.07) is 9.08. The Morgan fingerprint density at radius 3 is 2.47 bits per heavy atom. The maximum atomic E-state index is 12.1. The van der Waals surface area contributed by atoms with Gasteiger partial charge in [-0.25, -0.2) is 8.42 Å². The van der Waals surface area contributed by atoms with E-state index >= 15 is 0 Å². The molecule has 1 aromatic rings. The molecule has 0 bridgehead atoms. The Hall–Kier alpha value is -1.36. The van der Waals surface area contributed by atoms with Crippen LogP contribution in [0.25, 0.3) is 0 Å². The van der Waals surface area contributed by atoms with E-state index in [9.17, 15) is 8.42 Å². The fourth-order valence-electron chi connectivity index (χ4n) is 1.65. The SMILES string of the molecule is CC1(C)CC(S(=O)(=O)Cc2ccccc2)=NO1. The van der Waals surface area contributed by atoms with Crippen molar-refractivity contribution in [2.45, 2.75) is 31.6 Å². The van der Waals surface area contributed by atoms with E-state index in [4.69, 9.17) is 4.84 Å². The first-order valence-electron chi connectivity index (χ1n) is 5.41. The summed E-state index contributed by atoms with van der Waals surface area (Å²) < 4.78 is 24.2. The van der Waals surface area contributed by atoms with Crippen LogP contribution < -0.4 is 0 Å². The Balaban J connectivity index is 2.17. The van der Waals surface area contributed by atoms with Crippen molar-refractivity contribution in [1.82, 2.24) is 0 Å². The maximum Gasteiger partial charge on any atom is 0.199 e. The second-order valence-corrected chi connectivity index (χ2v) is 6.75. The van der Waals surface area contributed by atoms with Gasteiger partial charge >= 0.3 is 0 Å². The summed E-state index contributed by atoms with van der Waals surface area (Å²) in [5.74, 6) is -0.0217. The highest BCUT2D eigenvalue weighted by molar-refractivity contribution is 8.05. The standard InChI is InChI=1S/C12H15NO3S/c1-12(2)8-11(13-16-12)17(14,15)9-10-6-4-3-5-7-10/h3-7H,8-9H2,1-2H3. The molecule has 1 aliphatic rings. The molecule has 1 heterocycles. The van der Waals surface area contributed by atoms with Crippen LogP contribution in [0.3, 0.4) is 0 Å². The first-order valence-corrected chi connectivity index (χ1v) is 7.06. The average molecular weight is 253 g/mol. The predicted molar refractivity (Wildman–Crippen MR) is 66.3 cm³/mol. The Bertz CT molecular complexity index is 532. The summed E-state index contributed by atoms with van der Waals surface area (Å²) >= 11 is 0. The lowest BCUT2D eigenvalue weighted by molar-refractivity contribution is 0.0123. The van der Waals surface area contributed by atoms with Crippen molar-refractivity contribution in [3.8, 4) is 0 Å². The highest BCUT2D eigenvalue weighted by Gasteiger charge is 2.35. The third-order valence-electron chi connectivity index (χ3n) is 2.53. The normalized spacial score (nSPS) is 18.6. The van der Waals surface area contributed by atoms with E-state index in [0.717, 1.165) is 5.56 Å². The second-order valence-electron chi connectivity index (χ2n) is 4.76. The van der Waals surface area contributed by atoms with Gasteiger partial charge in [0.15, 0.2) is 14.9 Å². The second kappa shape index (κ2) is 4.14. The number of oxime groups is 1. The van der Waals surface area contributed by atoms with Crippen molar-refractivity contribution in [2.75, 3.05) is 0 Å². The molecule has 0 aromatic heterocycles. The lowest BCUT2D eigenvalue weighted by Gasteiger charge is -2.13. The molecule has 0 aliphatic carbocycles. The van der Waals surface area contributed by atoms with Crippen LogP contribution in [-0.4, -0.2) is 19.1 Å². The van der Waals surface area contributed by atoms with Crippen LogP contribution in [-0.2, 0) is 20.4 Å². The monoisotopic (exact) mass is 253 g/mol. The van der Waals surface area contributed by atoms with Gasteiger partial charge in [-0.2, -0.15) is 0 Å². The Labute approximate surface area is 101 Å². The van der Waals surface area contributed by atoms with E-state index in [0.29, 0.717) is 6.42 Å². The summed E-state index contributed by atoms with van der Waals surface area (Å²) in [6.07, 6.45) is 0.335. The van der Waals surface area contributed by atoms with E-state index in [1.54, 1.807) is 12.1 Å². The molecule has 0 spiro atoms. The lowest BCUT2D eigenvalue weighted by atomic mass is 10.1. The van der Waals surface area contributed by atoms with Crippen LogP contribution in [0, 0.1) is 0 Å². The van der Waals surface area contributed by atoms with Crippen molar-refractivity contribution in [3.05, 3.63) is 35.9 Å². The van der Waals surface area contributed by atoms with Gasteiger partial charge in [-0.1, -0.05) is 35.5 Å². The zero-order chi connectivity index (χ0) is 12.5. The maximum absolute atomic E-state index is 12.1. The van der Waals surface area contributed by atoms with Crippen LogP contribution in [0.15, 0.2) is 35.5 Å². The lowest BCUT2D eigenvalue weighted by Crippen LogP contribution is -2.23. The van der Waals surface area contributed by atoms with Crippen LogP contribution in [0.4, 0.5) is 0 Å². The van der Waals surface area contributed by atoms with E-state index in [1.807, 2.05) is 32.0 Å². The van der Waals surface area contributed by atoms with Gasteiger partial charge in [-0.15, -0.1) is 0 Å². The first kappa shape index (κ1) is 12.1. The average Bonchev–Trinajstić information content (AvgIpc) is 2.60. The zero-order valence-electron chi connectivity index (χ0n) is 9.88. The molecule has 0 fully saturated rings. The third-order valence-corrected chi connectivity index (χ3v) is 4.18. The van der Waals surface area contributed by atoms with Crippen molar-refractivity contribution in [2.24, 2.45) is 5.16 Å². The van der Waals surface area contributed by atoms with Crippen molar-refractivity contribution < 1.29 is 13.3 Å². The smallest absolute Gasteiger partial charge is 0.199 e. The molecule has 0 unspecified atom stereocenters. The molecule has 0 saturated heterocycles. The minimum absolute atomic E-state index is 0.0217. The molecule has 0 radical (unpaired) electrons. The van der Waals surface area contributed by atoms with Gasteiger partial charge in [0.05, 0.1) is 5.75 Å². The number of nitrogens with zero attached hydrogens (tertiary/aromatic N) is 1. The van der Waals surface area contributed by atoms with Crippen LogP contribution in [0.5, 0.6) is 0 Å². The summed E-state index contributed by atoms with van der Waals surface area (Å²) in [5.41, 5.74) is 0.249. The Morgan fingerprint density at radius 2 is 1.94 bits per heavy atom. The Morgan fingerprint density at radius 1 is 1.29 bits per heavy atom. The number of hydrogen-bond donors (Lipinski definition) is 0. The van der Waals surface area contributed by atoms with Gasteiger partial charge in [-0.3, -0.25) is 0 Å².